The van der Waals surface area contributed by atoms with Gasteiger partial charge in [-0.3, -0.25) is 0 Å². The third kappa shape index (κ3) is 2.16. The van der Waals surface area contributed by atoms with Crippen molar-refractivity contribution in [2.75, 3.05) is 0 Å². The molecule has 2 aromatic carbocycles. The Labute approximate surface area is 110 Å². The first-order valence-electron chi connectivity index (χ1n) is 5.92. The summed E-state index contributed by atoms with van der Waals surface area (Å²) in [6.45, 7) is 0. The van der Waals surface area contributed by atoms with Crippen molar-refractivity contribution in [1.29, 1.82) is 0 Å². The topological polar surface area (TPSA) is 20.2 Å². The van der Waals surface area contributed by atoms with E-state index in [1.165, 1.54) is 22.6 Å². The van der Waals surface area contributed by atoms with Crippen molar-refractivity contribution in [2.45, 2.75) is 22.7 Å². The van der Waals surface area contributed by atoms with E-state index in [1.807, 2.05) is 12.1 Å². The number of aliphatic hydroxyl groups excluding tert-OH is 1. The maximum atomic E-state index is 13.2. The van der Waals surface area contributed by atoms with Crippen molar-refractivity contribution in [3.63, 3.8) is 0 Å². The fourth-order valence-corrected chi connectivity index (χ4v) is 3.63. The number of benzene rings is 2. The molecule has 0 amide bonds. The Bertz CT molecular complexity index is 545. The van der Waals surface area contributed by atoms with Crippen molar-refractivity contribution in [1.82, 2.24) is 0 Å². The maximum absolute atomic E-state index is 13.2. The van der Waals surface area contributed by atoms with Crippen LogP contribution in [0.4, 0.5) is 4.39 Å². The predicted molar refractivity (Wildman–Crippen MR) is 71.2 cm³/mol. The highest BCUT2D eigenvalue weighted by Crippen LogP contribution is 2.42. The lowest BCUT2D eigenvalue weighted by molar-refractivity contribution is 0.174. The minimum atomic E-state index is -0.627. The molecule has 0 bridgehead atoms. The molecule has 3 rings (SSSR count). The summed E-state index contributed by atoms with van der Waals surface area (Å²) in [6, 6.07) is 14.4. The first kappa shape index (κ1) is 11.8. The Kier molecular flexibility index (Phi) is 3.10. The molecule has 1 aliphatic rings. The molecule has 1 aliphatic heterocycles. The van der Waals surface area contributed by atoms with E-state index in [4.69, 9.17) is 0 Å². The van der Waals surface area contributed by atoms with E-state index in [0.717, 1.165) is 6.42 Å². The zero-order valence-electron chi connectivity index (χ0n) is 9.71. The molecule has 92 valence electrons. The molecule has 2 unspecified atom stereocenters. The van der Waals surface area contributed by atoms with E-state index in [1.54, 1.807) is 23.9 Å². The van der Waals surface area contributed by atoms with Crippen LogP contribution in [0.15, 0.2) is 53.4 Å². The molecule has 2 aromatic rings. The van der Waals surface area contributed by atoms with E-state index >= 15 is 0 Å². The van der Waals surface area contributed by atoms with E-state index in [2.05, 4.69) is 12.1 Å². The van der Waals surface area contributed by atoms with Gasteiger partial charge in [0, 0.05) is 10.1 Å². The lowest BCUT2D eigenvalue weighted by atomic mass is 10.0. The van der Waals surface area contributed by atoms with Gasteiger partial charge in [-0.1, -0.05) is 30.3 Å². The second-order valence-electron chi connectivity index (χ2n) is 4.47. The van der Waals surface area contributed by atoms with Gasteiger partial charge in [-0.25, -0.2) is 4.39 Å². The van der Waals surface area contributed by atoms with Gasteiger partial charge in [-0.15, -0.1) is 11.8 Å². The molecule has 0 radical (unpaired) electrons. The lowest BCUT2D eigenvalue weighted by Gasteiger charge is -2.17. The fraction of sp³-hybridized carbons (Fsp3) is 0.200. The third-order valence-electron chi connectivity index (χ3n) is 3.21. The normalized spacial score (nSPS) is 19.6. The van der Waals surface area contributed by atoms with Crippen LogP contribution in [0.1, 0.15) is 17.2 Å². The van der Waals surface area contributed by atoms with E-state index in [-0.39, 0.29) is 11.1 Å². The zero-order chi connectivity index (χ0) is 12.5. The standard InChI is InChI=1S/C15H13FOS/c16-12-6-3-5-11(8-12)15(17)14-9-10-4-1-2-7-13(10)18-14/h1-8,14-15,17H,9H2. The molecule has 1 heterocycles. The van der Waals surface area contributed by atoms with Crippen LogP contribution in [0.3, 0.4) is 0 Å². The zero-order valence-corrected chi connectivity index (χ0v) is 10.5. The average Bonchev–Trinajstić information content (AvgIpc) is 2.81. The van der Waals surface area contributed by atoms with Crippen molar-refractivity contribution in [3.05, 3.63) is 65.5 Å². The molecule has 0 spiro atoms. The van der Waals surface area contributed by atoms with Gasteiger partial charge in [-0.2, -0.15) is 0 Å². The summed E-state index contributed by atoms with van der Waals surface area (Å²) in [5, 5.41) is 10.4. The predicted octanol–water partition coefficient (Wildman–Crippen LogP) is 3.58. The maximum Gasteiger partial charge on any atom is 0.123 e. The minimum Gasteiger partial charge on any atom is -0.387 e. The minimum absolute atomic E-state index is 0.0733. The van der Waals surface area contributed by atoms with Crippen LogP contribution in [0, 0.1) is 5.82 Å². The van der Waals surface area contributed by atoms with Crippen LogP contribution in [-0.2, 0) is 6.42 Å². The van der Waals surface area contributed by atoms with Gasteiger partial charge in [-0.05, 0) is 35.7 Å². The van der Waals surface area contributed by atoms with E-state index in [9.17, 15) is 9.50 Å². The molecule has 0 fully saturated rings. The molecule has 0 aromatic heterocycles. The Hall–Kier alpha value is -1.32. The third-order valence-corrected chi connectivity index (χ3v) is 4.59. The summed E-state index contributed by atoms with van der Waals surface area (Å²) in [6.07, 6.45) is 0.205. The summed E-state index contributed by atoms with van der Waals surface area (Å²) >= 11 is 1.67. The smallest absolute Gasteiger partial charge is 0.123 e. The quantitative estimate of drug-likeness (QED) is 0.890. The van der Waals surface area contributed by atoms with Crippen LogP contribution in [0.5, 0.6) is 0 Å². The number of aliphatic hydroxyl groups is 1. The highest BCUT2D eigenvalue weighted by Gasteiger charge is 2.29. The van der Waals surface area contributed by atoms with Gasteiger partial charge in [0.2, 0.25) is 0 Å². The first-order chi connectivity index (χ1) is 8.74. The Morgan fingerprint density at radius 2 is 2.00 bits per heavy atom. The Morgan fingerprint density at radius 3 is 2.78 bits per heavy atom. The Morgan fingerprint density at radius 1 is 1.17 bits per heavy atom. The monoisotopic (exact) mass is 260 g/mol. The molecule has 0 aliphatic carbocycles. The molecule has 1 N–H and O–H groups in total. The van der Waals surface area contributed by atoms with Crippen molar-refractivity contribution in [2.24, 2.45) is 0 Å². The highest BCUT2D eigenvalue weighted by atomic mass is 32.2. The van der Waals surface area contributed by atoms with Crippen LogP contribution in [0.2, 0.25) is 0 Å². The van der Waals surface area contributed by atoms with Gasteiger partial charge < -0.3 is 5.11 Å². The molecule has 0 saturated carbocycles. The van der Waals surface area contributed by atoms with E-state index in [0.29, 0.717) is 5.56 Å². The van der Waals surface area contributed by atoms with Gasteiger partial charge in [0.05, 0.1) is 6.10 Å². The number of rotatable bonds is 2. The van der Waals surface area contributed by atoms with Crippen molar-refractivity contribution >= 4 is 11.8 Å². The molecule has 0 saturated heterocycles. The number of hydrogen-bond donors (Lipinski definition) is 1. The molecular weight excluding hydrogens is 247 g/mol. The summed E-state index contributed by atoms with van der Waals surface area (Å²) in [5.41, 5.74) is 1.92. The summed E-state index contributed by atoms with van der Waals surface area (Å²) < 4.78 is 13.2. The van der Waals surface area contributed by atoms with Gasteiger partial charge >= 0.3 is 0 Å². The van der Waals surface area contributed by atoms with Crippen LogP contribution in [-0.4, -0.2) is 10.4 Å². The summed E-state index contributed by atoms with van der Waals surface area (Å²) in [7, 11) is 0. The second-order valence-corrected chi connectivity index (χ2v) is 5.75. The molecule has 1 nitrogen and oxygen atoms in total. The Balaban J connectivity index is 1.82. The van der Waals surface area contributed by atoms with E-state index < -0.39 is 6.10 Å². The number of thioether (sulfide) groups is 1. The molecule has 3 heteroatoms. The number of fused-ring (bicyclic) bond motifs is 1. The van der Waals surface area contributed by atoms with Crippen LogP contribution < -0.4 is 0 Å². The summed E-state index contributed by atoms with van der Waals surface area (Å²) in [4.78, 5) is 1.22. The number of hydrogen-bond acceptors (Lipinski definition) is 2. The first-order valence-corrected chi connectivity index (χ1v) is 6.80. The number of halogens is 1. The SMILES string of the molecule is OC(c1cccc(F)c1)C1Cc2ccccc2S1. The van der Waals surface area contributed by atoms with Gasteiger partial charge in [0.15, 0.2) is 0 Å². The van der Waals surface area contributed by atoms with Crippen molar-refractivity contribution < 1.29 is 9.50 Å². The summed E-state index contributed by atoms with van der Waals surface area (Å²) in [5.74, 6) is -0.299. The van der Waals surface area contributed by atoms with Gasteiger partial charge in [0.1, 0.15) is 5.82 Å². The lowest BCUT2D eigenvalue weighted by Crippen LogP contribution is -2.14. The second kappa shape index (κ2) is 4.75. The average molecular weight is 260 g/mol. The largest absolute Gasteiger partial charge is 0.387 e. The van der Waals surface area contributed by atoms with Crippen LogP contribution in [0.25, 0.3) is 0 Å². The van der Waals surface area contributed by atoms with Crippen molar-refractivity contribution in [3.8, 4) is 0 Å². The fourth-order valence-electron chi connectivity index (χ4n) is 2.29. The highest BCUT2D eigenvalue weighted by molar-refractivity contribution is 8.00. The molecule has 2 atom stereocenters. The van der Waals surface area contributed by atoms with Gasteiger partial charge in [0.25, 0.3) is 0 Å². The van der Waals surface area contributed by atoms with Crippen LogP contribution >= 0.6 is 11.8 Å². The molecule has 18 heavy (non-hydrogen) atoms. The molecular formula is C15H13FOS.